The third-order valence-electron chi connectivity index (χ3n) is 4.40. The summed E-state index contributed by atoms with van der Waals surface area (Å²) in [6, 6.07) is 18.1. The minimum atomic E-state index is -0.357. The fraction of sp³-hybridized carbons (Fsp3) is 0.182. The van der Waals surface area contributed by atoms with E-state index in [-0.39, 0.29) is 19.2 Å². The Morgan fingerprint density at radius 2 is 1.75 bits per heavy atom. The van der Waals surface area contributed by atoms with Crippen molar-refractivity contribution in [3.63, 3.8) is 0 Å². The molecule has 0 bridgehead atoms. The molecule has 0 fully saturated rings. The molecule has 0 saturated carbocycles. The number of hydrogen-bond donors (Lipinski definition) is 1. The Labute approximate surface area is 167 Å². The van der Waals surface area contributed by atoms with Crippen molar-refractivity contribution >= 4 is 11.6 Å². The molecule has 144 valence electrons. The molecular weight excluding hydrogens is 381 g/mol. The first-order chi connectivity index (χ1) is 13.7. The summed E-state index contributed by atoms with van der Waals surface area (Å²) in [4.78, 5) is 0. The Bertz CT molecular complexity index is 980. The molecule has 3 aromatic rings. The van der Waals surface area contributed by atoms with Gasteiger partial charge in [-0.1, -0.05) is 35.9 Å². The van der Waals surface area contributed by atoms with Gasteiger partial charge >= 0.3 is 0 Å². The molecule has 0 amide bonds. The van der Waals surface area contributed by atoms with Gasteiger partial charge in [-0.25, -0.2) is 4.39 Å². The number of fused-ring (bicyclic) bond motifs is 1. The highest BCUT2D eigenvalue weighted by atomic mass is 35.5. The maximum absolute atomic E-state index is 13.1. The van der Waals surface area contributed by atoms with E-state index in [2.05, 4.69) is 5.32 Å². The Morgan fingerprint density at radius 3 is 2.61 bits per heavy atom. The van der Waals surface area contributed by atoms with Gasteiger partial charge in [-0.2, -0.15) is 0 Å². The van der Waals surface area contributed by atoms with Crippen molar-refractivity contribution in [3.8, 4) is 17.2 Å². The average molecular weight is 400 g/mol. The van der Waals surface area contributed by atoms with Crippen molar-refractivity contribution in [1.29, 1.82) is 0 Å². The van der Waals surface area contributed by atoms with E-state index in [0.29, 0.717) is 18.1 Å². The van der Waals surface area contributed by atoms with Crippen LogP contribution >= 0.6 is 11.6 Å². The van der Waals surface area contributed by atoms with Gasteiger partial charge in [-0.15, -0.1) is 0 Å². The zero-order chi connectivity index (χ0) is 19.3. The largest absolute Gasteiger partial charge is 0.489 e. The van der Waals surface area contributed by atoms with Gasteiger partial charge in [0.25, 0.3) is 0 Å². The first kappa shape index (κ1) is 18.6. The maximum atomic E-state index is 13.1. The summed E-state index contributed by atoms with van der Waals surface area (Å²) in [5.74, 6) is 1.95. The number of hydrogen-bond acceptors (Lipinski definition) is 4. The van der Waals surface area contributed by atoms with Crippen LogP contribution in [-0.2, 0) is 19.7 Å². The van der Waals surface area contributed by atoms with E-state index >= 15 is 0 Å². The van der Waals surface area contributed by atoms with Crippen molar-refractivity contribution in [1.82, 2.24) is 5.32 Å². The van der Waals surface area contributed by atoms with Crippen LogP contribution in [0, 0.1) is 5.82 Å². The minimum Gasteiger partial charge on any atom is -0.489 e. The van der Waals surface area contributed by atoms with Gasteiger partial charge in [0.2, 0.25) is 6.79 Å². The molecule has 0 saturated heterocycles. The lowest BCUT2D eigenvalue weighted by Gasteiger charge is -2.10. The second kappa shape index (κ2) is 8.50. The van der Waals surface area contributed by atoms with Crippen molar-refractivity contribution in [3.05, 3.63) is 88.2 Å². The van der Waals surface area contributed by atoms with E-state index in [1.807, 2.05) is 42.5 Å². The van der Waals surface area contributed by atoms with E-state index < -0.39 is 0 Å². The Morgan fingerprint density at radius 1 is 0.929 bits per heavy atom. The third-order valence-corrected chi connectivity index (χ3v) is 4.75. The predicted octanol–water partition coefficient (Wildman–Crippen LogP) is 5.08. The molecule has 1 aliphatic rings. The number of benzene rings is 3. The number of halogens is 2. The molecule has 0 spiro atoms. The van der Waals surface area contributed by atoms with Crippen LogP contribution in [0.1, 0.15) is 16.7 Å². The predicted molar refractivity (Wildman–Crippen MR) is 105 cm³/mol. The fourth-order valence-corrected chi connectivity index (χ4v) is 3.17. The lowest BCUT2D eigenvalue weighted by molar-refractivity contribution is 0.174. The number of ether oxygens (including phenoxy) is 3. The van der Waals surface area contributed by atoms with E-state index in [0.717, 1.165) is 33.9 Å². The molecule has 3 aromatic carbocycles. The Balaban J connectivity index is 1.31. The van der Waals surface area contributed by atoms with Crippen molar-refractivity contribution in [2.75, 3.05) is 6.79 Å². The van der Waals surface area contributed by atoms with Gasteiger partial charge in [0, 0.05) is 18.7 Å². The molecule has 1 heterocycles. The molecule has 1 aliphatic heterocycles. The van der Waals surface area contributed by atoms with Gasteiger partial charge in [-0.05, 0) is 47.5 Å². The van der Waals surface area contributed by atoms with E-state index in [1.165, 1.54) is 12.1 Å². The van der Waals surface area contributed by atoms with Crippen LogP contribution in [0.3, 0.4) is 0 Å². The van der Waals surface area contributed by atoms with Gasteiger partial charge in [0.15, 0.2) is 11.5 Å². The molecule has 28 heavy (non-hydrogen) atoms. The average Bonchev–Trinajstić information content (AvgIpc) is 3.16. The van der Waals surface area contributed by atoms with Gasteiger partial charge < -0.3 is 19.5 Å². The Hall–Kier alpha value is -2.76. The summed E-state index contributed by atoms with van der Waals surface area (Å²) in [7, 11) is 0. The summed E-state index contributed by atoms with van der Waals surface area (Å²) >= 11 is 6.04. The summed E-state index contributed by atoms with van der Waals surface area (Å²) in [6.45, 7) is 1.98. The van der Waals surface area contributed by atoms with Crippen LogP contribution in [0.15, 0.2) is 60.7 Å². The summed E-state index contributed by atoms with van der Waals surface area (Å²) in [6.07, 6.45) is 0. The molecule has 0 unspecified atom stereocenters. The van der Waals surface area contributed by atoms with Crippen molar-refractivity contribution in [2.24, 2.45) is 0 Å². The maximum Gasteiger partial charge on any atom is 0.231 e. The van der Waals surface area contributed by atoms with Gasteiger partial charge in [0.05, 0.1) is 5.02 Å². The second-order valence-electron chi connectivity index (χ2n) is 6.46. The monoisotopic (exact) mass is 399 g/mol. The highest BCUT2D eigenvalue weighted by Crippen LogP contribution is 2.32. The summed E-state index contributed by atoms with van der Waals surface area (Å²) in [5.41, 5.74) is 2.97. The van der Waals surface area contributed by atoms with E-state index in [4.69, 9.17) is 25.8 Å². The smallest absolute Gasteiger partial charge is 0.231 e. The van der Waals surface area contributed by atoms with Crippen LogP contribution in [0.4, 0.5) is 4.39 Å². The first-order valence-electron chi connectivity index (χ1n) is 8.92. The van der Waals surface area contributed by atoms with Crippen LogP contribution in [0.2, 0.25) is 5.02 Å². The molecule has 0 radical (unpaired) electrons. The first-order valence-corrected chi connectivity index (χ1v) is 9.30. The fourth-order valence-electron chi connectivity index (χ4n) is 2.95. The van der Waals surface area contributed by atoms with Crippen LogP contribution in [-0.4, -0.2) is 6.79 Å². The molecule has 1 N–H and O–H groups in total. The van der Waals surface area contributed by atoms with Crippen LogP contribution in [0.5, 0.6) is 17.2 Å². The SMILES string of the molecule is Fc1ccc(COc2cccc(CNCc3ccc4c(c3)OCO4)c2)c(Cl)c1. The standard InChI is InChI=1S/C22H19ClFNO3/c23-20-10-18(24)6-5-17(20)13-26-19-3-1-2-15(8-19)11-25-12-16-4-7-21-22(9-16)28-14-27-21/h1-10,25H,11-14H2. The van der Waals surface area contributed by atoms with Crippen LogP contribution in [0.25, 0.3) is 0 Å². The minimum absolute atomic E-state index is 0.280. The topological polar surface area (TPSA) is 39.7 Å². The molecular formula is C22H19ClFNO3. The summed E-state index contributed by atoms with van der Waals surface area (Å²) < 4.78 is 29.7. The number of rotatable bonds is 7. The number of nitrogens with one attached hydrogen (secondary N) is 1. The van der Waals surface area contributed by atoms with E-state index in [9.17, 15) is 4.39 Å². The highest BCUT2D eigenvalue weighted by Gasteiger charge is 2.12. The van der Waals surface area contributed by atoms with E-state index in [1.54, 1.807) is 6.07 Å². The zero-order valence-electron chi connectivity index (χ0n) is 15.1. The molecule has 0 aliphatic carbocycles. The molecule has 0 aromatic heterocycles. The molecule has 4 nitrogen and oxygen atoms in total. The second-order valence-corrected chi connectivity index (χ2v) is 6.87. The summed E-state index contributed by atoms with van der Waals surface area (Å²) in [5, 5.41) is 3.77. The van der Waals surface area contributed by atoms with Crippen LogP contribution < -0.4 is 19.5 Å². The molecule has 4 rings (SSSR count). The normalized spacial score (nSPS) is 12.2. The lowest BCUT2D eigenvalue weighted by atomic mass is 10.2. The quantitative estimate of drug-likeness (QED) is 0.601. The van der Waals surface area contributed by atoms with Crippen molar-refractivity contribution < 1.29 is 18.6 Å². The third kappa shape index (κ3) is 4.55. The van der Waals surface area contributed by atoms with Gasteiger partial charge in [-0.3, -0.25) is 0 Å². The lowest BCUT2D eigenvalue weighted by Crippen LogP contribution is -2.12. The molecule has 0 atom stereocenters. The highest BCUT2D eigenvalue weighted by molar-refractivity contribution is 6.31. The Kier molecular flexibility index (Phi) is 5.65. The van der Waals surface area contributed by atoms with Crippen molar-refractivity contribution in [2.45, 2.75) is 19.7 Å². The zero-order valence-corrected chi connectivity index (χ0v) is 15.8. The molecule has 6 heteroatoms. The van der Waals surface area contributed by atoms with Gasteiger partial charge in [0.1, 0.15) is 18.2 Å².